The highest BCUT2D eigenvalue weighted by molar-refractivity contribution is 9.10. The lowest BCUT2D eigenvalue weighted by Gasteiger charge is -2.39. The molecular formula is C21H21BrN4O5S. The van der Waals surface area contributed by atoms with Crippen LogP contribution in [0, 0.1) is 5.92 Å². The van der Waals surface area contributed by atoms with Crippen molar-refractivity contribution >= 4 is 45.4 Å². The zero-order chi connectivity index (χ0) is 22.8. The van der Waals surface area contributed by atoms with Crippen LogP contribution in [0.15, 0.2) is 56.2 Å². The standard InChI is InChI=1S/C21H21BrN4O5S/c1-30-21-10(7-31-20(24)29)14-16(26(21)6-12-19(21)25-12)17(27)9(15(23)18(14)28)8-32-13-5-3-2-4-11(13)22/h2-5,10,12,19,25H,6-8,23H2,1H3,(H2,24,29)/t10-,12+,19+,21-/m1/s1. The van der Waals surface area contributed by atoms with Crippen molar-refractivity contribution in [3.05, 3.63) is 51.3 Å². The van der Waals surface area contributed by atoms with E-state index in [2.05, 4.69) is 21.2 Å². The summed E-state index contributed by atoms with van der Waals surface area (Å²) in [6.07, 6.45) is -0.959. The summed E-state index contributed by atoms with van der Waals surface area (Å²) in [4.78, 5) is 41.2. The Morgan fingerprint density at radius 1 is 1.34 bits per heavy atom. The molecule has 0 unspecified atom stereocenters. The highest BCUT2D eigenvalue weighted by Gasteiger charge is 2.72. The second-order valence-electron chi connectivity index (χ2n) is 8.03. The van der Waals surface area contributed by atoms with E-state index in [-0.39, 0.29) is 47.1 Å². The fourth-order valence-corrected chi connectivity index (χ4v) is 6.69. The van der Waals surface area contributed by atoms with Gasteiger partial charge in [-0.05, 0) is 28.1 Å². The number of fused-ring (bicyclic) bond motifs is 4. The fourth-order valence-electron chi connectivity index (χ4n) is 5.10. The number of rotatable bonds is 6. The van der Waals surface area contributed by atoms with Crippen LogP contribution in [0.4, 0.5) is 4.79 Å². The molecule has 1 aromatic carbocycles. The third-order valence-electron chi connectivity index (χ3n) is 6.54. The number of carbonyl (C=O) groups excluding carboxylic acids is 3. The van der Waals surface area contributed by atoms with Gasteiger partial charge in [0.05, 0.1) is 23.4 Å². The molecule has 4 aliphatic rings. The molecule has 2 fully saturated rings. The van der Waals surface area contributed by atoms with Gasteiger partial charge in [-0.2, -0.15) is 0 Å². The smallest absolute Gasteiger partial charge is 0.404 e. The first-order chi connectivity index (χ1) is 15.3. The molecule has 11 heteroatoms. The number of hydrogen-bond acceptors (Lipinski definition) is 9. The number of Topliss-reactive ketones (excluding diaryl/α,β-unsaturated/α-hetero) is 2. The Bertz CT molecular complexity index is 1120. The van der Waals surface area contributed by atoms with Crippen LogP contribution in [0.1, 0.15) is 0 Å². The molecule has 0 aromatic heterocycles. The number of nitrogens with zero attached hydrogens (tertiary/aromatic N) is 1. The highest BCUT2D eigenvalue weighted by atomic mass is 79.9. The number of methoxy groups -OCH3 is 1. The summed E-state index contributed by atoms with van der Waals surface area (Å²) in [6, 6.07) is 7.66. The number of nitrogens with one attached hydrogen (secondary N) is 1. The van der Waals surface area contributed by atoms with Crippen LogP contribution in [0.3, 0.4) is 0 Å². The summed E-state index contributed by atoms with van der Waals surface area (Å²) >= 11 is 4.92. The van der Waals surface area contributed by atoms with E-state index in [0.717, 1.165) is 9.37 Å². The summed E-state index contributed by atoms with van der Waals surface area (Å²) in [6.45, 7) is 0.324. The number of ether oxygens (including phenoxy) is 2. The lowest BCUT2D eigenvalue weighted by Crippen LogP contribution is -2.55. The van der Waals surface area contributed by atoms with Crippen LogP contribution >= 0.6 is 27.7 Å². The summed E-state index contributed by atoms with van der Waals surface area (Å²) in [5, 5.41) is 3.32. The number of amides is 1. The predicted octanol–water partition coefficient (Wildman–Crippen LogP) is 0.884. The van der Waals surface area contributed by atoms with Crippen molar-refractivity contribution in [1.82, 2.24) is 10.2 Å². The molecule has 32 heavy (non-hydrogen) atoms. The number of piperazine rings is 1. The van der Waals surface area contributed by atoms with Crippen LogP contribution in [0.2, 0.25) is 0 Å². The van der Waals surface area contributed by atoms with Gasteiger partial charge in [-0.25, -0.2) is 4.79 Å². The Balaban J connectivity index is 1.51. The average Bonchev–Trinajstić information content (AvgIpc) is 3.38. The van der Waals surface area contributed by atoms with E-state index in [1.807, 2.05) is 29.2 Å². The number of allylic oxidation sites excluding steroid dienone is 2. The molecule has 4 atom stereocenters. The van der Waals surface area contributed by atoms with Crippen LogP contribution in [0.25, 0.3) is 0 Å². The van der Waals surface area contributed by atoms with Gasteiger partial charge < -0.3 is 31.2 Å². The first-order valence-corrected chi connectivity index (χ1v) is 11.8. The van der Waals surface area contributed by atoms with Crippen molar-refractivity contribution in [3.63, 3.8) is 0 Å². The Hall–Kier alpha value is -2.34. The van der Waals surface area contributed by atoms with Gasteiger partial charge >= 0.3 is 6.09 Å². The fraction of sp³-hybridized carbons (Fsp3) is 0.381. The van der Waals surface area contributed by atoms with Gasteiger partial charge in [0.2, 0.25) is 11.6 Å². The minimum Gasteiger partial charge on any atom is -0.449 e. The minimum absolute atomic E-state index is 0.0786. The van der Waals surface area contributed by atoms with E-state index in [1.165, 1.54) is 18.9 Å². The normalized spacial score (nSPS) is 30.4. The Kier molecular flexibility index (Phi) is 5.12. The third-order valence-corrected chi connectivity index (χ3v) is 8.59. The molecule has 9 nitrogen and oxygen atoms in total. The van der Waals surface area contributed by atoms with Crippen molar-refractivity contribution in [2.45, 2.75) is 22.7 Å². The lowest BCUT2D eigenvalue weighted by molar-refractivity contribution is -0.137. The Labute approximate surface area is 196 Å². The number of nitrogens with two attached hydrogens (primary N) is 2. The molecular weight excluding hydrogens is 500 g/mol. The maximum atomic E-state index is 13.7. The lowest BCUT2D eigenvalue weighted by atomic mass is 9.82. The number of primary amides is 1. The average molecular weight is 521 g/mol. The quantitative estimate of drug-likeness (QED) is 0.282. The molecule has 0 saturated carbocycles. The van der Waals surface area contributed by atoms with Gasteiger partial charge in [0.15, 0.2) is 5.72 Å². The summed E-state index contributed by atoms with van der Waals surface area (Å²) in [5.41, 5.74) is 11.1. The number of carbonyl (C=O) groups is 3. The first-order valence-electron chi connectivity index (χ1n) is 10.0. The van der Waals surface area contributed by atoms with Gasteiger partial charge in [0.1, 0.15) is 6.61 Å². The summed E-state index contributed by atoms with van der Waals surface area (Å²) in [7, 11) is 1.53. The number of thioether (sulfide) groups is 1. The van der Waals surface area contributed by atoms with Gasteiger partial charge in [0.25, 0.3) is 0 Å². The molecule has 3 heterocycles. The third kappa shape index (κ3) is 2.95. The van der Waals surface area contributed by atoms with E-state index in [9.17, 15) is 14.4 Å². The Morgan fingerprint density at radius 3 is 2.78 bits per heavy atom. The molecule has 0 bridgehead atoms. The number of ketones is 2. The number of halogens is 1. The second-order valence-corrected chi connectivity index (χ2v) is 9.90. The monoisotopic (exact) mass is 520 g/mol. The van der Waals surface area contributed by atoms with Gasteiger partial charge in [-0.1, -0.05) is 12.1 Å². The van der Waals surface area contributed by atoms with Crippen LogP contribution in [-0.2, 0) is 19.1 Å². The minimum atomic E-state index is -1.01. The van der Waals surface area contributed by atoms with E-state index in [1.54, 1.807) is 0 Å². The van der Waals surface area contributed by atoms with Crippen molar-refractivity contribution in [2.24, 2.45) is 17.4 Å². The van der Waals surface area contributed by atoms with Crippen molar-refractivity contribution in [3.8, 4) is 0 Å². The maximum absolute atomic E-state index is 13.7. The van der Waals surface area contributed by atoms with Crippen molar-refractivity contribution in [1.29, 1.82) is 0 Å². The zero-order valence-electron chi connectivity index (χ0n) is 17.1. The van der Waals surface area contributed by atoms with Gasteiger partial charge in [-0.3, -0.25) is 9.59 Å². The topological polar surface area (TPSA) is 147 Å². The molecule has 2 saturated heterocycles. The Morgan fingerprint density at radius 2 is 2.09 bits per heavy atom. The maximum Gasteiger partial charge on any atom is 0.404 e. The van der Waals surface area contributed by atoms with E-state index < -0.39 is 23.5 Å². The molecule has 1 amide bonds. The molecule has 168 valence electrons. The molecule has 0 spiro atoms. The molecule has 3 aliphatic heterocycles. The molecule has 1 aliphatic carbocycles. The molecule has 1 aromatic rings. The number of benzene rings is 1. The predicted molar refractivity (Wildman–Crippen MR) is 119 cm³/mol. The second kappa shape index (κ2) is 7.62. The van der Waals surface area contributed by atoms with Crippen LogP contribution < -0.4 is 16.8 Å². The molecule has 5 N–H and O–H groups in total. The number of hydrogen-bond donors (Lipinski definition) is 3. The van der Waals surface area contributed by atoms with E-state index in [4.69, 9.17) is 20.9 Å². The zero-order valence-corrected chi connectivity index (χ0v) is 19.5. The van der Waals surface area contributed by atoms with Gasteiger partial charge in [0, 0.05) is 46.0 Å². The molecule has 5 rings (SSSR count). The molecule has 0 radical (unpaired) electrons. The summed E-state index contributed by atoms with van der Waals surface area (Å²) in [5.74, 6) is -1.16. The van der Waals surface area contributed by atoms with E-state index >= 15 is 0 Å². The van der Waals surface area contributed by atoms with Gasteiger partial charge in [-0.15, -0.1) is 11.8 Å². The van der Waals surface area contributed by atoms with E-state index in [0.29, 0.717) is 12.2 Å². The van der Waals surface area contributed by atoms with Crippen molar-refractivity contribution < 1.29 is 23.9 Å². The van der Waals surface area contributed by atoms with Crippen LogP contribution in [-0.4, -0.2) is 66.4 Å². The van der Waals surface area contributed by atoms with Crippen LogP contribution in [0.5, 0.6) is 0 Å². The highest BCUT2D eigenvalue weighted by Crippen LogP contribution is 2.55. The SMILES string of the molecule is CO[C@@]12[C@H](COC(N)=O)C3=C(C(=O)C(CSc4ccccc4Br)=C(N)C3=O)N1C[C@@H]1N[C@@H]12. The largest absolute Gasteiger partial charge is 0.449 e. The first kappa shape index (κ1) is 21.5. The summed E-state index contributed by atoms with van der Waals surface area (Å²) < 4.78 is 11.9. The van der Waals surface area contributed by atoms with Crippen molar-refractivity contribution in [2.75, 3.05) is 26.0 Å².